The SMILES string of the molecule is CCCCC(=O)N(CC(=O)N1c2ccccc2-n2cccc2[C@@H]1c1ccc(Cl)cc1)C(C)C. The van der Waals surface area contributed by atoms with Gasteiger partial charge in [-0.05, 0) is 62.2 Å². The number of unbranched alkanes of at least 4 members (excludes halogenated alkanes) is 1. The van der Waals surface area contributed by atoms with Crippen molar-refractivity contribution in [3.05, 3.63) is 83.1 Å². The molecule has 2 heterocycles. The Labute approximate surface area is 200 Å². The summed E-state index contributed by atoms with van der Waals surface area (Å²) in [4.78, 5) is 30.4. The lowest BCUT2D eigenvalue weighted by Gasteiger charge is -2.40. The molecular formula is C27H30ClN3O2. The number of hydrogen-bond acceptors (Lipinski definition) is 2. The summed E-state index contributed by atoms with van der Waals surface area (Å²) in [6.07, 6.45) is 4.25. The van der Waals surface area contributed by atoms with Gasteiger partial charge < -0.3 is 9.47 Å². The van der Waals surface area contributed by atoms with E-state index in [9.17, 15) is 9.59 Å². The molecule has 0 saturated heterocycles. The molecule has 2 aromatic carbocycles. The van der Waals surface area contributed by atoms with Gasteiger partial charge in [0.15, 0.2) is 0 Å². The summed E-state index contributed by atoms with van der Waals surface area (Å²) in [7, 11) is 0. The molecule has 1 atom stereocenters. The second kappa shape index (κ2) is 9.84. The topological polar surface area (TPSA) is 45.6 Å². The number of para-hydroxylation sites is 2. The Kier molecular flexibility index (Phi) is 6.89. The normalized spacial score (nSPS) is 14.7. The van der Waals surface area contributed by atoms with Gasteiger partial charge in [0, 0.05) is 23.7 Å². The van der Waals surface area contributed by atoms with E-state index < -0.39 is 0 Å². The van der Waals surface area contributed by atoms with Crippen molar-refractivity contribution in [2.75, 3.05) is 11.4 Å². The fourth-order valence-electron chi connectivity index (χ4n) is 4.47. The number of aromatic nitrogens is 1. The number of carbonyl (C=O) groups excluding carboxylic acids is 2. The fraction of sp³-hybridized carbons (Fsp3) is 0.333. The highest BCUT2D eigenvalue weighted by atomic mass is 35.5. The Morgan fingerprint density at radius 1 is 1.00 bits per heavy atom. The number of amides is 2. The molecule has 0 radical (unpaired) electrons. The number of carbonyl (C=O) groups is 2. The number of halogens is 1. The largest absolute Gasteiger partial charge is 0.331 e. The molecule has 6 heteroatoms. The maximum Gasteiger partial charge on any atom is 0.247 e. The number of fused-ring (bicyclic) bond motifs is 3. The Balaban J connectivity index is 1.77. The predicted molar refractivity (Wildman–Crippen MR) is 133 cm³/mol. The van der Waals surface area contributed by atoms with Crippen LogP contribution in [-0.4, -0.2) is 33.9 Å². The van der Waals surface area contributed by atoms with Gasteiger partial charge in [0.1, 0.15) is 12.6 Å². The van der Waals surface area contributed by atoms with E-state index in [-0.39, 0.29) is 30.4 Å². The molecule has 33 heavy (non-hydrogen) atoms. The Morgan fingerprint density at radius 3 is 2.36 bits per heavy atom. The van der Waals surface area contributed by atoms with Crippen molar-refractivity contribution < 1.29 is 9.59 Å². The van der Waals surface area contributed by atoms with Crippen LogP contribution in [0.3, 0.4) is 0 Å². The van der Waals surface area contributed by atoms with E-state index in [1.807, 2.05) is 85.6 Å². The standard InChI is InChI=1S/C27H30ClN3O2/c1-4-5-12-25(32)30(19(2)3)18-26(33)31-23-10-7-6-9-22(23)29-17-8-11-24(29)27(31)20-13-15-21(28)16-14-20/h6-11,13-17,19,27H,4-5,12,18H2,1-3H3/t27-/m0/s1. The van der Waals surface area contributed by atoms with Crippen LogP contribution in [0.5, 0.6) is 0 Å². The van der Waals surface area contributed by atoms with Crippen LogP contribution in [0.4, 0.5) is 5.69 Å². The van der Waals surface area contributed by atoms with Crippen LogP contribution in [0.2, 0.25) is 5.02 Å². The van der Waals surface area contributed by atoms with Crippen LogP contribution < -0.4 is 4.90 Å². The minimum absolute atomic E-state index is 0.0249. The molecule has 1 aliphatic heterocycles. The first-order valence-corrected chi connectivity index (χ1v) is 11.9. The summed E-state index contributed by atoms with van der Waals surface area (Å²) in [5, 5.41) is 0.649. The molecule has 172 valence electrons. The number of benzene rings is 2. The van der Waals surface area contributed by atoms with Crippen molar-refractivity contribution in [3.63, 3.8) is 0 Å². The van der Waals surface area contributed by atoms with Crippen molar-refractivity contribution in [3.8, 4) is 5.69 Å². The second-order valence-corrected chi connectivity index (χ2v) is 9.16. The van der Waals surface area contributed by atoms with Crippen LogP contribution in [0.25, 0.3) is 5.69 Å². The summed E-state index contributed by atoms with van der Waals surface area (Å²) in [5.41, 5.74) is 3.74. The smallest absolute Gasteiger partial charge is 0.247 e. The number of anilines is 1. The molecule has 3 aromatic rings. The first-order chi connectivity index (χ1) is 15.9. The molecule has 0 N–H and O–H groups in total. The van der Waals surface area contributed by atoms with Crippen molar-refractivity contribution >= 4 is 29.1 Å². The molecule has 0 unspecified atom stereocenters. The van der Waals surface area contributed by atoms with Gasteiger partial charge >= 0.3 is 0 Å². The quantitative estimate of drug-likeness (QED) is 0.431. The van der Waals surface area contributed by atoms with Crippen molar-refractivity contribution in [2.45, 2.75) is 52.1 Å². The van der Waals surface area contributed by atoms with Crippen molar-refractivity contribution in [1.29, 1.82) is 0 Å². The average Bonchev–Trinajstić information content (AvgIpc) is 3.30. The van der Waals surface area contributed by atoms with E-state index in [1.54, 1.807) is 4.90 Å². The molecule has 0 bridgehead atoms. The number of rotatable bonds is 7. The van der Waals surface area contributed by atoms with Crippen LogP contribution in [0.15, 0.2) is 66.9 Å². The fourth-order valence-corrected chi connectivity index (χ4v) is 4.60. The van der Waals surface area contributed by atoms with E-state index >= 15 is 0 Å². The first kappa shape index (κ1) is 23.1. The van der Waals surface area contributed by atoms with Gasteiger partial charge in [-0.25, -0.2) is 0 Å². The summed E-state index contributed by atoms with van der Waals surface area (Å²) >= 11 is 6.16. The van der Waals surface area contributed by atoms with E-state index in [0.717, 1.165) is 35.5 Å². The second-order valence-electron chi connectivity index (χ2n) is 8.73. The van der Waals surface area contributed by atoms with Gasteiger partial charge in [0.25, 0.3) is 0 Å². The number of nitrogens with zero attached hydrogens (tertiary/aromatic N) is 3. The lowest BCUT2D eigenvalue weighted by molar-refractivity contribution is -0.137. The van der Waals surface area contributed by atoms with Crippen molar-refractivity contribution in [1.82, 2.24) is 9.47 Å². The predicted octanol–water partition coefficient (Wildman–Crippen LogP) is 5.99. The average molecular weight is 464 g/mol. The third-order valence-electron chi connectivity index (χ3n) is 6.17. The third kappa shape index (κ3) is 4.55. The van der Waals surface area contributed by atoms with Gasteiger partial charge in [0.05, 0.1) is 17.1 Å². The Morgan fingerprint density at radius 2 is 1.70 bits per heavy atom. The Hall–Kier alpha value is -3.05. The van der Waals surface area contributed by atoms with Crippen LogP contribution in [0, 0.1) is 0 Å². The van der Waals surface area contributed by atoms with Crippen molar-refractivity contribution in [2.24, 2.45) is 0 Å². The molecule has 5 nitrogen and oxygen atoms in total. The van der Waals surface area contributed by atoms with E-state index in [2.05, 4.69) is 11.5 Å². The van der Waals surface area contributed by atoms with Gasteiger partial charge in [-0.3, -0.25) is 14.5 Å². The third-order valence-corrected chi connectivity index (χ3v) is 6.42. The molecule has 0 fully saturated rings. The molecule has 0 spiro atoms. The molecule has 1 aromatic heterocycles. The maximum atomic E-state index is 13.9. The highest BCUT2D eigenvalue weighted by Gasteiger charge is 2.37. The summed E-state index contributed by atoms with van der Waals surface area (Å²) in [6.45, 7) is 6.03. The van der Waals surface area contributed by atoms with Crippen LogP contribution in [0.1, 0.15) is 57.3 Å². The van der Waals surface area contributed by atoms with E-state index in [1.165, 1.54) is 0 Å². The molecular weight excluding hydrogens is 434 g/mol. The molecule has 2 amide bonds. The van der Waals surface area contributed by atoms with Gasteiger partial charge in [-0.2, -0.15) is 0 Å². The lowest BCUT2D eigenvalue weighted by Crippen LogP contribution is -2.48. The summed E-state index contributed by atoms with van der Waals surface area (Å²) in [6, 6.07) is 19.2. The zero-order valence-electron chi connectivity index (χ0n) is 19.4. The minimum atomic E-state index is -0.320. The minimum Gasteiger partial charge on any atom is -0.331 e. The highest BCUT2D eigenvalue weighted by Crippen LogP contribution is 2.42. The molecule has 0 aliphatic carbocycles. The maximum absolute atomic E-state index is 13.9. The van der Waals surface area contributed by atoms with E-state index in [0.29, 0.717) is 11.4 Å². The van der Waals surface area contributed by atoms with Gasteiger partial charge in [-0.15, -0.1) is 0 Å². The molecule has 4 rings (SSSR count). The number of hydrogen-bond donors (Lipinski definition) is 0. The van der Waals surface area contributed by atoms with Gasteiger partial charge in [-0.1, -0.05) is 49.2 Å². The van der Waals surface area contributed by atoms with Gasteiger partial charge in [0.2, 0.25) is 11.8 Å². The zero-order valence-corrected chi connectivity index (χ0v) is 20.1. The summed E-state index contributed by atoms with van der Waals surface area (Å²) < 4.78 is 2.13. The first-order valence-electron chi connectivity index (χ1n) is 11.6. The van der Waals surface area contributed by atoms with Crippen LogP contribution >= 0.6 is 11.6 Å². The highest BCUT2D eigenvalue weighted by molar-refractivity contribution is 6.30. The molecule has 0 saturated carbocycles. The Bertz CT molecular complexity index is 1140. The van der Waals surface area contributed by atoms with E-state index in [4.69, 9.17) is 11.6 Å². The van der Waals surface area contributed by atoms with Crippen LogP contribution in [-0.2, 0) is 9.59 Å². The molecule has 1 aliphatic rings. The lowest BCUT2D eigenvalue weighted by atomic mass is 9.97. The summed E-state index contributed by atoms with van der Waals surface area (Å²) in [5.74, 6) is -0.0784. The zero-order chi connectivity index (χ0) is 23.5. The monoisotopic (exact) mass is 463 g/mol.